The molecule has 2 amide bonds. The highest BCUT2D eigenvalue weighted by Gasteiger charge is 2.44. The van der Waals surface area contributed by atoms with Crippen molar-refractivity contribution in [2.75, 3.05) is 31.1 Å². The summed E-state index contributed by atoms with van der Waals surface area (Å²) in [4.78, 5) is 29.0. The molecule has 2 aliphatic rings. The fraction of sp³-hybridized carbons (Fsp3) is 0.333. The number of hydrogen-bond acceptors (Lipinski definition) is 5. The van der Waals surface area contributed by atoms with Crippen LogP contribution in [0, 0.1) is 6.92 Å². The molecular weight excluding hydrogens is 426 g/mol. The van der Waals surface area contributed by atoms with Gasteiger partial charge >= 0.3 is 0 Å². The zero-order chi connectivity index (χ0) is 21.5. The lowest BCUT2D eigenvalue weighted by Crippen LogP contribution is -2.53. The van der Waals surface area contributed by atoms with Gasteiger partial charge in [0.15, 0.2) is 0 Å². The van der Waals surface area contributed by atoms with Crippen molar-refractivity contribution in [1.29, 1.82) is 0 Å². The van der Waals surface area contributed by atoms with Crippen LogP contribution < -0.4 is 4.90 Å². The zero-order valence-electron chi connectivity index (χ0n) is 16.5. The molecule has 9 heteroatoms. The Morgan fingerprint density at radius 2 is 1.57 bits per heavy atom. The molecule has 0 radical (unpaired) electrons. The lowest BCUT2D eigenvalue weighted by Gasteiger charge is -2.36. The van der Waals surface area contributed by atoms with Crippen LogP contribution in [0.15, 0.2) is 53.4 Å². The second kappa shape index (κ2) is 8.11. The largest absolute Gasteiger partial charge is 0.289 e. The minimum absolute atomic E-state index is 0.108. The van der Waals surface area contributed by atoms with E-state index in [-0.39, 0.29) is 36.2 Å². The van der Waals surface area contributed by atoms with Gasteiger partial charge < -0.3 is 0 Å². The number of halogens is 1. The van der Waals surface area contributed by atoms with Crippen LogP contribution in [0.2, 0.25) is 5.02 Å². The van der Waals surface area contributed by atoms with E-state index in [1.807, 2.05) is 24.0 Å². The van der Waals surface area contributed by atoms with Gasteiger partial charge in [-0.1, -0.05) is 29.8 Å². The van der Waals surface area contributed by atoms with Gasteiger partial charge in [0, 0.05) is 31.2 Å². The molecule has 0 saturated carbocycles. The number of benzene rings is 2. The quantitative estimate of drug-likeness (QED) is 0.672. The van der Waals surface area contributed by atoms with E-state index < -0.39 is 16.1 Å². The molecule has 2 aliphatic heterocycles. The number of carbonyl (C=O) groups is 2. The number of carbonyl (C=O) groups excluding carboxylic acids is 2. The Balaban J connectivity index is 1.46. The predicted molar refractivity (Wildman–Crippen MR) is 114 cm³/mol. The van der Waals surface area contributed by atoms with Gasteiger partial charge in [0.05, 0.1) is 23.0 Å². The minimum Gasteiger partial charge on any atom is -0.289 e. The SMILES string of the molecule is Cc1ccccc1N1C(=O)C[C@H](N2CCN(S(=O)(=O)c3ccc(Cl)cc3)CC2)C1=O. The lowest BCUT2D eigenvalue weighted by atomic mass is 10.1. The second-order valence-corrected chi connectivity index (χ2v) is 9.84. The summed E-state index contributed by atoms with van der Waals surface area (Å²) in [6.07, 6.45) is 0.108. The van der Waals surface area contributed by atoms with Crippen molar-refractivity contribution in [3.63, 3.8) is 0 Å². The summed E-state index contributed by atoms with van der Waals surface area (Å²) in [7, 11) is -3.62. The number of para-hydroxylation sites is 1. The predicted octanol–water partition coefficient (Wildman–Crippen LogP) is 2.29. The lowest BCUT2D eigenvalue weighted by molar-refractivity contribution is -0.123. The van der Waals surface area contributed by atoms with Gasteiger partial charge in [-0.2, -0.15) is 4.31 Å². The van der Waals surface area contributed by atoms with E-state index in [1.54, 1.807) is 24.3 Å². The van der Waals surface area contributed by atoms with E-state index in [2.05, 4.69) is 0 Å². The Kier molecular flexibility index (Phi) is 5.67. The summed E-state index contributed by atoms with van der Waals surface area (Å²) >= 11 is 5.85. The molecule has 2 heterocycles. The Morgan fingerprint density at radius 1 is 0.933 bits per heavy atom. The average Bonchev–Trinajstić information content (AvgIpc) is 3.03. The van der Waals surface area contributed by atoms with Crippen molar-refractivity contribution in [3.8, 4) is 0 Å². The summed E-state index contributed by atoms with van der Waals surface area (Å²) in [6, 6.07) is 12.8. The average molecular weight is 448 g/mol. The molecule has 0 spiro atoms. The molecule has 7 nitrogen and oxygen atoms in total. The molecule has 4 rings (SSSR count). The molecule has 158 valence electrons. The van der Waals surface area contributed by atoms with Crippen molar-refractivity contribution >= 4 is 39.1 Å². The first-order chi connectivity index (χ1) is 14.3. The minimum atomic E-state index is -3.62. The van der Waals surface area contributed by atoms with Crippen molar-refractivity contribution in [2.45, 2.75) is 24.3 Å². The number of amides is 2. The van der Waals surface area contributed by atoms with Gasteiger partial charge in [-0.3, -0.25) is 14.5 Å². The fourth-order valence-electron chi connectivity index (χ4n) is 3.98. The molecule has 2 aromatic rings. The topological polar surface area (TPSA) is 78.0 Å². The maximum absolute atomic E-state index is 13.0. The third-order valence-corrected chi connectivity index (χ3v) is 7.81. The Bertz CT molecular complexity index is 1080. The van der Waals surface area contributed by atoms with Crippen LogP contribution >= 0.6 is 11.6 Å². The van der Waals surface area contributed by atoms with Crippen LogP contribution in [-0.2, 0) is 19.6 Å². The molecule has 2 saturated heterocycles. The maximum atomic E-state index is 13.0. The Hall–Kier alpha value is -2.26. The number of aryl methyl sites for hydroxylation is 1. The van der Waals surface area contributed by atoms with Crippen molar-refractivity contribution in [1.82, 2.24) is 9.21 Å². The molecular formula is C21H22ClN3O4S. The second-order valence-electron chi connectivity index (χ2n) is 7.47. The van der Waals surface area contributed by atoms with Crippen molar-refractivity contribution in [3.05, 3.63) is 59.1 Å². The summed E-state index contributed by atoms with van der Waals surface area (Å²) < 4.78 is 27.1. The fourth-order valence-corrected chi connectivity index (χ4v) is 5.53. The highest BCUT2D eigenvalue weighted by Crippen LogP contribution is 2.29. The van der Waals surface area contributed by atoms with Gasteiger partial charge in [0.25, 0.3) is 5.91 Å². The third-order valence-electron chi connectivity index (χ3n) is 5.64. The Labute approximate surface area is 180 Å². The number of rotatable bonds is 4. The molecule has 2 fully saturated rings. The van der Waals surface area contributed by atoms with Gasteiger partial charge in [-0.15, -0.1) is 0 Å². The summed E-state index contributed by atoms with van der Waals surface area (Å²) in [5, 5.41) is 0.474. The van der Waals surface area contributed by atoms with Gasteiger partial charge in [-0.05, 0) is 42.8 Å². The van der Waals surface area contributed by atoms with E-state index in [0.29, 0.717) is 23.8 Å². The molecule has 0 N–H and O–H groups in total. The molecule has 0 unspecified atom stereocenters. The Morgan fingerprint density at radius 3 is 2.20 bits per heavy atom. The molecule has 0 aliphatic carbocycles. The van der Waals surface area contributed by atoms with Crippen LogP contribution in [0.3, 0.4) is 0 Å². The van der Waals surface area contributed by atoms with Gasteiger partial charge in [0.2, 0.25) is 15.9 Å². The van der Waals surface area contributed by atoms with E-state index in [9.17, 15) is 18.0 Å². The summed E-state index contributed by atoms with van der Waals surface area (Å²) in [5.74, 6) is -0.473. The normalized spacial score (nSPS) is 21.4. The number of piperazine rings is 1. The maximum Gasteiger partial charge on any atom is 0.251 e. The third kappa shape index (κ3) is 3.76. The number of sulfonamides is 1. The monoisotopic (exact) mass is 447 g/mol. The zero-order valence-corrected chi connectivity index (χ0v) is 18.1. The van der Waals surface area contributed by atoms with Crippen LogP contribution in [0.25, 0.3) is 0 Å². The highest BCUT2D eigenvalue weighted by atomic mass is 35.5. The van der Waals surface area contributed by atoms with E-state index in [1.165, 1.54) is 21.3 Å². The number of hydrogen-bond donors (Lipinski definition) is 0. The molecule has 30 heavy (non-hydrogen) atoms. The van der Waals surface area contributed by atoms with Gasteiger partial charge in [0.1, 0.15) is 0 Å². The van der Waals surface area contributed by atoms with Crippen molar-refractivity contribution in [2.24, 2.45) is 0 Å². The van der Waals surface area contributed by atoms with Crippen LogP contribution in [-0.4, -0.2) is 61.7 Å². The number of nitrogens with zero attached hydrogens (tertiary/aromatic N) is 3. The van der Waals surface area contributed by atoms with E-state index in [4.69, 9.17) is 11.6 Å². The van der Waals surface area contributed by atoms with E-state index in [0.717, 1.165) is 5.56 Å². The first-order valence-electron chi connectivity index (χ1n) is 9.71. The summed E-state index contributed by atoms with van der Waals surface area (Å²) in [6.45, 7) is 3.15. The standard InChI is InChI=1S/C21H22ClN3O4S/c1-15-4-2-3-5-18(15)25-20(26)14-19(21(25)27)23-10-12-24(13-11-23)30(28,29)17-8-6-16(22)7-9-17/h2-9,19H,10-14H2,1H3/t19-/m0/s1. The smallest absolute Gasteiger partial charge is 0.251 e. The van der Waals surface area contributed by atoms with Crippen LogP contribution in [0.1, 0.15) is 12.0 Å². The number of anilines is 1. The van der Waals surface area contributed by atoms with E-state index >= 15 is 0 Å². The van der Waals surface area contributed by atoms with Crippen molar-refractivity contribution < 1.29 is 18.0 Å². The number of imide groups is 1. The molecule has 0 aromatic heterocycles. The first-order valence-corrected chi connectivity index (χ1v) is 11.5. The summed E-state index contributed by atoms with van der Waals surface area (Å²) in [5.41, 5.74) is 1.47. The molecule has 1 atom stereocenters. The highest BCUT2D eigenvalue weighted by molar-refractivity contribution is 7.89. The van der Waals surface area contributed by atoms with Crippen LogP contribution in [0.4, 0.5) is 5.69 Å². The molecule has 2 aromatic carbocycles. The first kappa shape index (κ1) is 21.0. The van der Waals surface area contributed by atoms with Crippen LogP contribution in [0.5, 0.6) is 0 Å². The molecule has 0 bridgehead atoms. The van der Waals surface area contributed by atoms with Gasteiger partial charge in [-0.25, -0.2) is 13.3 Å².